The van der Waals surface area contributed by atoms with Gasteiger partial charge in [-0.3, -0.25) is 28.8 Å². The fraction of sp³-hybridized carbons (Fsp3) is 0.610. The molecule has 0 spiro atoms. The predicted molar refractivity (Wildman–Crippen MR) is 205 cm³/mol. The number of carbonyl (C=O) groups is 7. The van der Waals surface area contributed by atoms with Crippen LogP contribution in [-0.2, 0) is 56.6 Å². The summed E-state index contributed by atoms with van der Waals surface area (Å²) in [5.74, 6) is -3.37. The normalized spacial score (nSPS) is 26.9. The van der Waals surface area contributed by atoms with Crippen molar-refractivity contribution in [3.63, 3.8) is 0 Å². The Hall–Kier alpha value is -5.28. The van der Waals surface area contributed by atoms with Crippen molar-refractivity contribution in [3.05, 3.63) is 53.4 Å². The van der Waals surface area contributed by atoms with E-state index in [4.69, 9.17) is 9.26 Å². The van der Waals surface area contributed by atoms with Crippen molar-refractivity contribution in [3.8, 4) is 0 Å². The van der Waals surface area contributed by atoms with Gasteiger partial charge < -0.3 is 39.9 Å². The van der Waals surface area contributed by atoms with E-state index in [0.29, 0.717) is 56.5 Å². The van der Waals surface area contributed by atoms with E-state index in [0.717, 1.165) is 5.56 Å². The molecule has 4 aliphatic rings. The Bertz CT molecular complexity index is 1840. The van der Waals surface area contributed by atoms with E-state index in [-0.39, 0.29) is 43.2 Å². The number of amides is 6. The van der Waals surface area contributed by atoms with Crippen LogP contribution in [0.3, 0.4) is 0 Å². The zero-order chi connectivity index (χ0) is 41.0. The van der Waals surface area contributed by atoms with Gasteiger partial charge in [0, 0.05) is 37.5 Å². The molecule has 0 radical (unpaired) electrons. The van der Waals surface area contributed by atoms with Crippen LogP contribution in [0, 0.1) is 5.92 Å². The summed E-state index contributed by atoms with van der Waals surface area (Å²) in [5.41, 5.74) is 0.797. The average Bonchev–Trinajstić information content (AvgIpc) is 3.95. The largest absolute Gasteiger partial charge is 0.461 e. The van der Waals surface area contributed by atoms with E-state index in [2.05, 4.69) is 21.1 Å². The molecule has 0 bridgehead atoms. The second-order valence-corrected chi connectivity index (χ2v) is 16.9. The SMILES string of the molecule is C[C@H]1C[C@H]2C(=O)OC[C@H](NC(=O)[C@H](Cc3ccccc3)NC(=O)Cc3cc(C(C)(C)C)on3)C(=O)N3CCC[C@H]3C(=O)N3CCCC[C@H]3C(=O)N[C@@H](C)C(=O)N2C1. The first-order chi connectivity index (χ1) is 27.1. The second-order valence-electron chi connectivity index (χ2n) is 16.9. The molecule has 3 N–H and O–H groups in total. The zero-order valence-electron chi connectivity index (χ0n) is 33.5. The molecule has 5 heterocycles. The molecule has 1 aromatic heterocycles. The highest BCUT2D eigenvalue weighted by Gasteiger charge is 2.46. The number of nitrogens with one attached hydrogen (secondary N) is 3. The Morgan fingerprint density at radius 2 is 1.60 bits per heavy atom. The van der Waals surface area contributed by atoms with Crippen molar-refractivity contribution in [1.29, 1.82) is 0 Å². The molecule has 16 heteroatoms. The number of esters is 1. The fourth-order valence-corrected chi connectivity index (χ4v) is 8.21. The number of nitrogens with zero attached hydrogens (tertiary/aromatic N) is 4. The summed E-state index contributed by atoms with van der Waals surface area (Å²) < 4.78 is 11.2. The Labute approximate surface area is 332 Å². The molecule has 4 aliphatic heterocycles. The van der Waals surface area contributed by atoms with Crippen LogP contribution < -0.4 is 16.0 Å². The summed E-state index contributed by atoms with van der Waals surface area (Å²) in [5, 5.41) is 12.4. The van der Waals surface area contributed by atoms with Crippen LogP contribution in [0.15, 0.2) is 40.9 Å². The molecule has 16 nitrogen and oxygen atoms in total. The molecule has 4 fully saturated rings. The lowest BCUT2D eigenvalue weighted by Gasteiger charge is -2.39. The van der Waals surface area contributed by atoms with Crippen molar-refractivity contribution in [2.24, 2.45) is 5.92 Å². The third kappa shape index (κ3) is 9.65. The van der Waals surface area contributed by atoms with Crippen LogP contribution in [0.5, 0.6) is 0 Å². The molecule has 0 saturated carbocycles. The lowest BCUT2D eigenvalue weighted by Crippen LogP contribution is -2.62. The van der Waals surface area contributed by atoms with Crippen LogP contribution in [0.4, 0.5) is 0 Å². The number of carbonyl (C=O) groups excluding carboxylic acids is 7. The maximum atomic E-state index is 14.5. The van der Waals surface area contributed by atoms with Gasteiger partial charge in [-0.1, -0.05) is 63.2 Å². The molecule has 7 atom stereocenters. The Kier molecular flexibility index (Phi) is 12.7. The summed E-state index contributed by atoms with van der Waals surface area (Å²) in [6.07, 6.45) is 2.84. The Morgan fingerprint density at radius 1 is 0.895 bits per heavy atom. The summed E-state index contributed by atoms with van der Waals surface area (Å²) in [4.78, 5) is 102. The Balaban J connectivity index is 1.29. The quantitative estimate of drug-likeness (QED) is 0.345. The number of benzene rings is 1. The van der Waals surface area contributed by atoms with Crippen LogP contribution in [0.1, 0.15) is 90.2 Å². The summed E-state index contributed by atoms with van der Waals surface area (Å²) >= 11 is 0. The third-order valence-electron chi connectivity index (χ3n) is 11.3. The van der Waals surface area contributed by atoms with E-state index in [9.17, 15) is 33.6 Å². The molecule has 6 amide bonds. The first-order valence-corrected chi connectivity index (χ1v) is 20.1. The minimum atomic E-state index is -1.44. The number of piperidine rings is 1. The van der Waals surface area contributed by atoms with Crippen molar-refractivity contribution >= 4 is 41.4 Å². The van der Waals surface area contributed by atoms with Gasteiger partial charge in [0.05, 0.1) is 12.1 Å². The summed E-state index contributed by atoms with van der Waals surface area (Å²) in [6, 6.07) is 4.46. The molecule has 2 aromatic rings. The number of hydrogen-bond donors (Lipinski definition) is 3. The van der Waals surface area contributed by atoms with Gasteiger partial charge in [-0.15, -0.1) is 0 Å². The van der Waals surface area contributed by atoms with Crippen molar-refractivity contribution in [2.75, 3.05) is 26.2 Å². The topological polar surface area (TPSA) is 201 Å². The van der Waals surface area contributed by atoms with Crippen molar-refractivity contribution in [2.45, 2.75) is 128 Å². The minimum Gasteiger partial charge on any atom is -0.461 e. The number of cyclic esters (lactones) is 1. The number of aromatic nitrogens is 1. The molecule has 1 aromatic carbocycles. The van der Waals surface area contributed by atoms with Crippen molar-refractivity contribution < 1.29 is 42.8 Å². The number of hydrogen-bond acceptors (Lipinski definition) is 10. The van der Waals surface area contributed by atoms with Gasteiger partial charge in [0.15, 0.2) is 0 Å². The van der Waals surface area contributed by atoms with E-state index < -0.39 is 78.4 Å². The first-order valence-electron chi connectivity index (χ1n) is 20.1. The van der Waals surface area contributed by atoms with Crippen LogP contribution in [0.2, 0.25) is 0 Å². The summed E-state index contributed by atoms with van der Waals surface area (Å²) in [6.45, 7) is 9.53. The van der Waals surface area contributed by atoms with Gasteiger partial charge in [0.2, 0.25) is 35.4 Å². The van der Waals surface area contributed by atoms with Gasteiger partial charge in [0.1, 0.15) is 48.6 Å². The van der Waals surface area contributed by atoms with Crippen LogP contribution in [0.25, 0.3) is 0 Å². The zero-order valence-corrected chi connectivity index (χ0v) is 33.5. The molecular weight excluding hydrogens is 734 g/mol. The monoisotopic (exact) mass is 789 g/mol. The van der Waals surface area contributed by atoms with Gasteiger partial charge >= 0.3 is 5.97 Å². The highest BCUT2D eigenvalue weighted by molar-refractivity contribution is 5.98. The maximum Gasteiger partial charge on any atom is 0.328 e. The maximum absolute atomic E-state index is 14.5. The molecule has 4 saturated heterocycles. The third-order valence-corrected chi connectivity index (χ3v) is 11.3. The molecule has 0 aliphatic carbocycles. The highest BCUT2D eigenvalue weighted by Crippen LogP contribution is 2.28. The lowest BCUT2D eigenvalue weighted by atomic mass is 9.93. The van der Waals surface area contributed by atoms with E-state index >= 15 is 0 Å². The van der Waals surface area contributed by atoms with Crippen molar-refractivity contribution in [1.82, 2.24) is 35.8 Å². The average molecular weight is 790 g/mol. The van der Waals surface area contributed by atoms with E-state index in [1.165, 1.54) is 14.7 Å². The van der Waals surface area contributed by atoms with Gasteiger partial charge in [-0.25, -0.2) is 4.79 Å². The van der Waals surface area contributed by atoms with E-state index in [1.54, 1.807) is 25.1 Å². The number of fused-ring (bicyclic) bond motifs is 3. The molecule has 57 heavy (non-hydrogen) atoms. The van der Waals surface area contributed by atoms with Crippen LogP contribution in [-0.4, -0.2) is 124 Å². The summed E-state index contributed by atoms with van der Waals surface area (Å²) in [7, 11) is 0. The van der Waals surface area contributed by atoms with Gasteiger partial charge in [-0.2, -0.15) is 0 Å². The first kappa shape index (κ1) is 41.4. The molecule has 308 valence electrons. The lowest BCUT2D eigenvalue weighted by molar-refractivity contribution is -0.158. The number of rotatable bonds is 7. The van der Waals surface area contributed by atoms with Gasteiger partial charge in [0.25, 0.3) is 0 Å². The molecular formula is C41H55N7O9. The highest BCUT2D eigenvalue weighted by atomic mass is 16.5. The number of ether oxygens (including phenoxy) is 1. The standard InChI is InChI=1S/C41H55N7O9/c1-24-18-32-40(55)56-23-29(44-35(50)28(19-26-12-7-6-8-13-26)43-34(49)21-27-20-33(57-45-27)41(3,4)5)38(53)47-17-11-15-31(47)39(54)46-16-10-9-14-30(46)36(51)42-25(2)37(52)48(32)22-24/h6-8,12-13,20,24-25,28-32H,9-11,14-19,21-23H2,1-5H3,(H,42,51)(H,43,49)(H,44,50)/t24-,25-,28-,29-,30-,31-,32-/m0/s1. The minimum absolute atomic E-state index is 0.0508. The smallest absolute Gasteiger partial charge is 0.328 e. The predicted octanol–water partition coefficient (Wildman–Crippen LogP) is 1.40. The second kappa shape index (κ2) is 17.5. The fourth-order valence-electron chi connectivity index (χ4n) is 8.21. The van der Waals surface area contributed by atoms with E-state index in [1.807, 2.05) is 45.9 Å². The molecule has 0 unspecified atom stereocenters. The Morgan fingerprint density at radius 3 is 2.32 bits per heavy atom. The van der Waals surface area contributed by atoms with Crippen LogP contribution >= 0.6 is 0 Å². The van der Waals surface area contributed by atoms with Gasteiger partial charge in [-0.05, 0) is 56.9 Å². The molecule has 6 rings (SSSR count).